The molecule has 0 bridgehead atoms. The van der Waals surface area contributed by atoms with Crippen LogP contribution in [0.25, 0.3) is 0 Å². The van der Waals surface area contributed by atoms with Gasteiger partial charge in [0.2, 0.25) is 0 Å². The monoisotopic (exact) mass is 304 g/mol. The Kier molecular flexibility index (Phi) is 4.59. The Morgan fingerprint density at radius 1 is 1.48 bits per heavy atom. The zero-order chi connectivity index (χ0) is 15.8. The van der Waals surface area contributed by atoms with E-state index in [0.717, 1.165) is 0 Å². The second-order valence-corrected chi connectivity index (χ2v) is 7.12. The smallest absolute Gasteiger partial charge is 0.310 e. The summed E-state index contributed by atoms with van der Waals surface area (Å²) in [6.45, 7) is 8.05. The van der Waals surface area contributed by atoms with Gasteiger partial charge in [-0.25, -0.2) is 8.78 Å². The van der Waals surface area contributed by atoms with Crippen LogP contribution in [0.5, 0.6) is 0 Å². The molecule has 2 fully saturated rings. The summed E-state index contributed by atoms with van der Waals surface area (Å²) in [5.74, 6) is -3.35. The molecule has 0 radical (unpaired) electrons. The van der Waals surface area contributed by atoms with Crippen LogP contribution in [0.1, 0.15) is 40.5 Å². The van der Waals surface area contributed by atoms with Gasteiger partial charge in [-0.2, -0.15) is 0 Å². The molecule has 3 atom stereocenters. The molecule has 2 aliphatic rings. The van der Waals surface area contributed by atoms with E-state index in [1.54, 1.807) is 4.90 Å². The molecule has 0 aromatic carbocycles. The maximum absolute atomic E-state index is 14.0. The summed E-state index contributed by atoms with van der Waals surface area (Å²) in [5, 5.41) is 2.89. The van der Waals surface area contributed by atoms with Crippen LogP contribution in [0.4, 0.5) is 8.78 Å². The van der Waals surface area contributed by atoms with E-state index in [4.69, 9.17) is 4.74 Å². The van der Waals surface area contributed by atoms with Gasteiger partial charge in [0.15, 0.2) is 0 Å². The number of carbonyl (C=O) groups excluding carboxylic acids is 1. The number of carbonyl (C=O) groups is 1. The third kappa shape index (κ3) is 3.72. The van der Waals surface area contributed by atoms with Crippen molar-refractivity contribution >= 4 is 5.97 Å². The molecule has 0 aromatic heterocycles. The molecule has 2 aliphatic heterocycles. The highest BCUT2D eigenvalue weighted by molar-refractivity contribution is 5.73. The molecule has 0 saturated carbocycles. The van der Waals surface area contributed by atoms with Gasteiger partial charge in [0.1, 0.15) is 5.60 Å². The van der Waals surface area contributed by atoms with Gasteiger partial charge in [-0.3, -0.25) is 9.69 Å². The zero-order valence-corrected chi connectivity index (χ0v) is 13.3. The van der Waals surface area contributed by atoms with Crippen LogP contribution in [0.2, 0.25) is 0 Å². The average Bonchev–Trinajstić information content (AvgIpc) is 2.86. The Hall–Kier alpha value is -0.750. The Labute approximate surface area is 125 Å². The predicted octanol–water partition coefficient (Wildman–Crippen LogP) is 2.04. The fourth-order valence-electron chi connectivity index (χ4n) is 3.25. The third-order valence-electron chi connectivity index (χ3n) is 4.22. The zero-order valence-electron chi connectivity index (χ0n) is 13.3. The van der Waals surface area contributed by atoms with Crippen LogP contribution in [0.3, 0.4) is 0 Å². The minimum atomic E-state index is -2.71. The van der Waals surface area contributed by atoms with Gasteiger partial charge in [0, 0.05) is 19.1 Å². The molecule has 21 heavy (non-hydrogen) atoms. The first-order valence-electron chi connectivity index (χ1n) is 7.72. The van der Waals surface area contributed by atoms with Crippen molar-refractivity contribution in [1.82, 2.24) is 10.2 Å². The summed E-state index contributed by atoms with van der Waals surface area (Å²) in [4.78, 5) is 13.9. The number of alkyl halides is 2. The Morgan fingerprint density at radius 3 is 2.71 bits per heavy atom. The van der Waals surface area contributed by atoms with Crippen molar-refractivity contribution in [3.8, 4) is 0 Å². The molecule has 1 unspecified atom stereocenters. The summed E-state index contributed by atoms with van der Waals surface area (Å²) in [6.07, 6.45) is 1.31. The molecule has 0 aliphatic carbocycles. The lowest BCUT2D eigenvalue weighted by atomic mass is 10.0. The quantitative estimate of drug-likeness (QED) is 0.807. The van der Waals surface area contributed by atoms with Gasteiger partial charge in [0.25, 0.3) is 5.92 Å². The SMILES string of the molecule is CCC(CN1CC[C@@H]2NCC(F)(F)[C@@H]21)C(=O)OC(C)(C)C. The number of hydrogen-bond donors (Lipinski definition) is 1. The van der Waals surface area contributed by atoms with E-state index in [9.17, 15) is 13.6 Å². The number of hydrogen-bond acceptors (Lipinski definition) is 4. The van der Waals surface area contributed by atoms with Crippen LogP contribution in [-0.4, -0.2) is 54.1 Å². The molecule has 4 nitrogen and oxygen atoms in total. The molecule has 1 N–H and O–H groups in total. The number of esters is 1. The van der Waals surface area contributed by atoms with Gasteiger partial charge in [-0.1, -0.05) is 6.92 Å². The number of ether oxygens (including phenoxy) is 1. The molecule has 2 heterocycles. The Bertz CT molecular complexity index is 396. The van der Waals surface area contributed by atoms with Crippen LogP contribution >= 0.6 is 0 Å². The number of fused-ring (bicyclic) bond motifs is 1. The Balaban J connectivity index is 2.00. The van der Waals surface area contributed by atoms with Crippen molar-refractivity contribution < 1.29 is 18.3 Å². The minimum absolute atomic E-state index is 0.156. The predicted molar refractivity (Wildman–Crippen MR) is 76.3 cm³/mol. The van der Waals surface area contributed by atoms with E-state index in [1.807, 2.05) is 27.7 Å². The third-order valence-corrected chi connectivity index (χ3v) is 4.22. The second kappa shape index (κ2) is 5.80. The molecule has 2 saturated heterocycles. The molecule has 6 heteroatoms. The summed E-state index contributed by atoms with van der Waals surface area (Å²) < 4.78 is 33.3. The number of likely N-dealkylation sites (tertiary alicyclic amines) is 1. The first-order valence-corrected chi connectivity index (χ1v) is 7.72. The minimum Gasteiger partial charge on any atom is -0.460 e. The number of nitrogens with one attached hydrogen (secondary N) is 1. The first kappa shape index (κ1) is 16.6. The van der Waals surface area contributed by atoms with E-state index in [0.29, 0.717) is 25.9 Å². The van der Waals surface area contributed by atoms with Crippen LogP contribution in [0, 0.1) is 5.92 Å². The molecule has 0 spiro atoms. The lowest BCUT2D eigenvalue weighted by molar-refractivity contribution is -0.161. The highest BCUT2D eigenvalue weighted by atomic mass is 19.3. The van der Waals surface area contributed by atoms with Crippen molar-refractivity contribution in [3.63, 3.8) is 0 Å². The molecular formula is C15H26F2N2O2. The van der Waals surface area contributed by atoms with Crippen molar-refractivity contribution in [2.24, 2.45) is 5.92 Å². The maximum Gasteiger partial charge on any atom is 0.310 e. The number of halogens is 2. The normalized spacial score (nSPS) is 30.2. The molecular weight excluding hydrogens is 278 g/mol. The molecule has 2 rings (SSSR count). The van der Waals surface area contributed by atoms with Gasteiger partial charge in [0.05, 0.1) is 18.5 Å². The fraction of sp³-hybridized carbons (Fsp3) is 0.933. The summed E-state index contributed by atoms with van der Waals surface area (Å²) in [6, 6.07) is -0.940. The van der Waals surface area contributed by atoms with Crippen LogP contribution in [-0.2, 0) is 9.53 Å². The summed E-state index contributed by atoms with van der Waals surface area (Å²) >= 11 is 0. The standard InChI is InChI=1S/C15H26F2N2O2/c1-5-10(13(20)21-14(2,3)4)8-19-7-6-11-12(19)15(16,17)9-18-11/h10-12,18H,5-9H2,1-4H3/t10?,11-,12+/m0/s1. The van der Waals surface area contributed by atoms with Gasteiger partial charge in [-0.05, 0) is 33.6 Å². The maximum atomic E-state index is 14.0. The highest BCUT2D eigenvalue weighted by Gasteiger charge is 2.55. The van der Waals surface area contributed by atoms with Crippen molar-refractivity contribution in [3.05, 3.63) is 0 Å². The first-order chi connectivity index (χ1) is 9.64. The van der Waals surface area contributed by atoms with Crippen molar-refractivity contribution in [2.75, 3.05) is 19.6 Å². The average molecular weight is 304 g/mol. The topological polar surface area (TPSA) is 41.6 Å². The van der Waals surface area contributed by atoms with E-state index in [2.05, 4.69) is 5.32 Å². The van der Waals surface area contributed by atoms with E-state index in [-0.39, 0.29) is 24.5 Å². The molecule has 0 aromatic rings. The van der Waals surface area contributed by atoms with Gasteiger partial charge < -0.3 is 10.1 Å². The van der Waals surface area contributed by atoms with E-state index < -0.39 is 17.6 Å². The second-order valence-electron chi connectivity index (χ2n) is 7.12. The molecule has 0 amide bonds. The van der Waals surface area contributed by atoms with Crippen molar-refractivity contribution in [1.29, 1.82) is 0 Å². The van der Waals surface area contributed by atoms with E-state index in [1.165, 1.54) is 0 Å². The largest absolute Gasteiger partial charge is 0.460 e. The summed E-state index contributed by atoms with van der Waals surface area (Å²) in [5.41, 5.74) is -0.545. The van der Waals surface area contributed by atoms with Gasteiger partial charge >= 0.3 is 5.97 Å². The highest BCUT2D eigenvalue weighted by Crippen LogP contribution is 2.36. The molecule has 122 valence electrons. The van der Waals surface area contributed by atoms with E-state index >= 15 is 0 Å². The Morgan fingerprint density at radius 2 is 2.14 bits per heavy atom. The lowest BCUT2D eigenvalue weighted by Crippen LogP contribution is -2.48. The number of rotatable bonds is 4. The van der Waals surface area contributed by atoms with Gasteiger partial charge in [-0.15, -0.1) is 0 Å². The summed E-state index contributed by atoms with van der Waals surface area (Å²) in [7, 11) is 0. The fourth-order valence-corrected chi connectivity index (χ4v) is 3.25. The number of nitrogens with zero attached hydrogens (tertiary/aromatic N) is 1. The van der Waals surface area contributed by atoms with Crippen LogP contribution < -0.4 is 5.32 Å². The van der Waals surface area contributed by atoms with Crippen LogP contribution in [0.15, 0.2) is 0 Å². The van der Waals surface area contributed by atoms with Crippen molar-refractivity contribution in [2.45, 2.75) is 64.1 Å². The lowest BCUT2D eigenvalue weighted by Gasteiger charge is -2.31.